The SMILES string of the molecule is CNc1cccc2ccccc12.N[C@@H]1CCCc2ccccc21. The molecule has 3 aromatic carbocycles. The molecule has 0 heterocycles. The van der Waals surface area contributed by atoms with E-state index in [9.17, 15) is 0 Å². The van der Waals surface area contributed by atoms with Gasteiger partial charge >= 0.3 is 0 Å². The van der Waals surface area contributed by atoms with Crippen molar-refractivity contribution in [2.75, 3.05) is 12.4 Å². The summed E-state index contributed by atoms with van der Waals surface area (Å²) in [5, 5.41) is 5.73. The minimum absolute atomic E-state index is 0.292. The lowest BCUT2D eigenvalue weighted by molar-refractivity contribution is 0.570. The third kappa shape index (κ3) is 3.54. The first kappa shape index (κ1) is 15.6. The largest absolute Gasteiger partial charge is 0.388 e. The minimum Gasteiger partial charge on any atom is -0.388 e. The number of nitrogens with two attached hydrogens (primary N) is 1. The summed E-state index contributed by atoms with van der Waals surface area (Å²) in [7, 11) is 1.95. The van der Waals surface area contributed by atoms with Gasteiger partial charge in [0.1, 0.15) is 0 Å². The van der Waals surface area contributed by atoms with Gasteiger partial charge in [-0.05, 0) is 41.8 Å². The molecule has 0 aromatic heterocycles. The maximum Gasteiger partial charge on any atom is 0.0417 e. The molecular weight excluding hydrogens is 280 g/mol. The zero-order valence-corrected chi connectivity index (χ0v) is 13.6. The second kappa shape index (κ2) is 7.30. The first-order chi connectivity index (χ1) is 11.3. The number of rotatable bonds is 1. The van der Waals surface area contributed by atoms with Crippen molar-refractivity contribution >= 4 is 16.5 Å². The fourth-order valence-corrected chi connectivity index (χ4v) is 3.23. The van der Waals surface area contributed by atoms with Crippen molar-refractivity contribution in [2.45, 2.75) is 25.3 Å². The van der Waals surface area contributed by atoms with E-state index in [0.29, 0.717) is 6.04 Å². The highest BCUT2D eigenvalue weighted by atomic mass is 14.8. The highest BCUT2D eigenvalue weighted by molar-refractivity contribution is 5.93. The van der Waals surface area contributed by atoms with Crippen LogP contribution in [0.25, 0.3) is 10.8 Å². The topological polar surface area (TPSA) is 38.0 Å². The molecule has 118 valence electrons. The molecule has 0 aliphatic heterocycles. The van der Waals surface area contributed by atoms with Crippen molar-refractivity contribution in [1.29, 1.82) is 0 Å². The summed E-state index contributed by atoms with van der Waals surface area (Å²) in [5.41, 5.74) is 9.94. The normalized spacial score (nSPS) is 16.2. The third-order valence-electron chi connectivity index (χ3n) is 4.47. The monoisotopic (exact) mass is 304 g/mol. The number of benzene rings is 3. The van der Waals surface area contributed by atoms with E-state index in [0.717, 1.165) is 6.42 Å². The van der Waals surface area contributed by atoms with Gasteiger partial charge in [-0.3, -0.25) is 0 Å². The fraction of sp³-hybridized carbons (Fsp3) is 0.238. The van der Waals surface area contributed by atoms with Crippen molar-refractivity contribution in [3.63, 3.8) is 0 Å². The number of hydrogen-bond donors (Lipinski definition) is 2. The van der Waals surface area contributed by atoms with Gasteiger partial charge in [0.05, 0.1) is 0 Å². The highest BCUT2D eigenvalue weighted by Crippen LogP contribution is 2.27. The Morgan fingerprint density at radius 1 is 0.913 bits per heavy atom. The third-order valence-corrected chi connectivity index (χ3v) is 4.47. The highest BCUT2D eigenvalue weighted by Gasteiger charge is 2.14. The molecule has 1 atom stereocenters. The second-order valence-corrected chi connectivity index (χ2v) is 5.97. The zero-order valence-electron chi connectivity index (χ0n) is 13.6. The van der Waals surface area contributed by atoms with Crippen molar-refractivity contribution in [2.24, 2.45) is 5.73 Å². The summed E-state index contributed by atoms with van der Waals surface area (Å²) in [4.78, 5) is 0. The van der Waals surface area contributed by atoms with E-state index in [2.05, 4.69) is 72.0 Å². The Bertz CT molecular complexity index is 774. The van der Waals surface area contributed by atoms with Crippen LogP contribution in [0.3, 0.4) is 0 Å². The summed E-state index contributed by atoms with van der Waals surface area (Å²) in [6, 6.07) is 23.4. The molecule has 3 aromatic rings. The smallest absolute Gasteiger partial charge is 0.0417 e. The van der Waals surface area contributed by atoms with Crippen LogP contribution in [-0.4, -0.2) is 7.05 Å². The van der Waals surface area contributed by atoms with Crippen LogP contribution in [0, 0.1) is 0 Å². The van der Waals surface area contributed by atoms with Gasteiger partial charge in [0, 0.05) is 24.2 Å². The van der Waals surface area contributed by atoms with E-state index in [-0.39, 0.29) is 0 Å². The molecule has 1 aliphatic carbocycles. The lowest BCUT2D eigenvalue weighted by Crippen LogP contribution is -2.16. The molecule has 0 unspecified atom stereocenters. The standard InChI is InChI=1S/C11H11N.C10H13N/c1-12-11-8-4-6-9-5-2-3-7-10(9)11;11-10-7-3-5-8-4-1-2-6-9(8)10/h2-8,12H,1H3;1-2,4,6,10H,3,5,7,11H2/t;10-/m.1/s1. The molecule has 0 spiro atoms. The number of hydrogen-bond acceptors (Lipinski definition) is 2. The lowest BCUT2D eigenvalue weighted by atomic mass is 9.88. The molecule has 2 heteroatoms. The summed E-state index contributed by atoms with van der Waals surface area (Å²) in [5.74, 6) is 0. The Kier molecular flexibility index (Phi) is 4.94. The number of nitrogens with one attached hydrogen (secondary N) is 1. The van der Waals surface area contributed by atoms with Crippen LogP contribution in [0.1, 0.15) is 30.0 Å². The van der Waals surface area contributed by atoms with Crippen LogP contribution in [0.5, 0.6) is 0 Å². The Labute approximate surface area is 138 Å². The van der Waals surface area contributed by atoms with Gasteiger partial charge in [0.15, 0.2) is 0 Å². The fourth-order valence-electron chi connectivity index (χ4n) is 3.23. The van der Waals surface area contributed by atoms with E-state index in [1.807, 2.05) is 7.05 Å². The maximum absolute atomic E-state index is 5.95. The average molecular weight is 304 g/mol. The molecule has 0 saturated heterocycles. The van der Waals surface area contributed by atoms with Crippen LogP contribution in [0.2, 0.25) is 0 Å². The minimum atomic E-state index is 0.292. The maximum atomic E-state index is 5.95. The number of anilines is 1. The van der Waals surface area contributed by atoms with Crippen molar-refractivity contribution in [1.82, 2.24) is 0 Å². The first-order valence-electron chi connectivity index (χ1n) is 8.28. The summed E-state index contributed by atoms with van der Waals surface area (Å²) >= 11 is 0. The van der Waals surface area contributed by atoms with Gasteiger partial charge in [0.2, 0.25) is 0 Å². The van der Waals surface area contributed by atoms with Crippen LogP contribution in [0.4, 0.5) is 5.69 Å². The molecule has 0 radical (unpaired) electrons. The van der Waals surface area contributed by atoms with E-state index < -0.39 is 0 Å². The van der Waals surface area contributed by atoms with Crippen molar-refractivity contribution in [3.8, 4) is 0 Å². The molecule has 23 heavy (non-hydrogen) atoms. The van der Waals surface area contributed by atoms with Crippen LogP contribution < -0.4 is 11.1 Å². The van der Waals surface area contributed by atoms with E-state index >= 15 is 0 Å². The van der Waals surface area contributed by atoms with Gasteiger partial charge in [-0.15, -0.1) is 0 Å². The number of aryl methyl sites for hydroxylation is 1. The number of fused-ring (bicyclic) bond motifs is 2. The summed E-state index contributed by atoms with van der Waals surface area (Å²) in [6.45, 7) is 0. The quantitative estimate of drug-likeness (QED) is 0.670. The van der Waals surface area contributed by atoms with Gasteiger partial charge in [0.25, 0.3) is 0 Å². The van der Waals surface area contributed by atoms with Crippen LogP contribution in [-0.2, 0) is 6.42 Å². The Morgan fingerprint density at radius 3 is 2.48 bits per heavy atom. The van der Waals surface area contributed by atoms with Gasteiger partial charge < -0.3 is 11.1 Å². The molecule has 0 saturated carbocycles. The molecule has 0 fully saturated rings. The Hall–Kier alpha value is -2.32. The predicted molar refractivity (Wildman–Crippen MR) is 99.8 cm³/mol. The summed E-state index contributed by atoms with van der Waals surface area (Å²) < 4.78 is 0. The predicted octanol–water partition coefficient (Wildman–Crippen LogP) is 4.90. The van der Waals surface area contributed by atoms with Crippen molar-refractivity contribution < 1.29 is 0 Å². The average Bonchev–Trinajstić information content (AvgIpc) is 2.62. The van der Waals surface area contributed by atoms with Crippen LogP contribution >= 0.6 is 0 Å². The molecule has 2 nitrogen and oxygen atoms in total. The molecule has 3 N–H and O–H groups in total. The molecule has 4 rings (SSSR count). The van der Waals surface area contributed by atoms with Gasteiger partial charge in [-0.1, -0.05) is 60.7 Å². The summed E-state index contributed by atoms with van der Waals surface area (Å²) in [6.07, 6.45) is 3.61. The second-order valence-electron chi connectivity index (χ2n) is 5.97. The lowest BCUT2D eigenvalue weighted by Gasteiger charge is -2.21. The van der Waals surface area contributed by atoms with E-state index in [4.69, 9.17) is 5.73 Å². The van der Waals surface area contributed by atoms with Gasteiger partial charge in [-0.2, -0.15) is 0 Å². The molecular formula is C21H24N2. The first-order valence-corrected chi connectivity index (χ1v) is 8.28. The molecule has 1 aliphatic rings. The van der Waals surface area contributed by atoms with Crippen LogP contribution in [0.15, 0.2) is 66.7 Å². The van der Waals surface area contributed by atoms with Crippen molar-refractivity contribution in [3.05, 3.63) is 77.9 Å². The molecule has 0 bridgehead atoms. The Balaban J connectivity index is 0.000000136. The van der Waals surface area contributed by atoms with E-state index in [1.165, 1.54) is 40.4 Å². The van der Waals surface area contributed by atoms with Gasteiger partial charge in [-0.25, -0.2) is 0 Å². The Morgan fingerprint density at radius 2 is 1.65 bits per heavy atom. The molecule has 0 amide bonds. The zero-order chi connectivity index (χ0) is 16.1. The van der Waals surface area contributed by atoms with E-state index in [1.54, 1.807) is 0 Å².